The molecule has 3 nitrogen and oxygen atoms in total. The highest BCUT2D eigenvalue weighted by Crippen LogP contribution is 2.47. The lowest BCUT2D eigenvalue weighted by Gasteiger charge is -2.29. The first-order valence-corrected chi connectivity index (χ1v) is 7.66. The van der Waals surface area contributed by atoms with Gasteiger partial charge < -0.3 is 5.32 Å². The van der Waals surface area contributed by atoms with Gasteiger partial charge in [-0.15, -0.1) is 0 Å². The minimum atomic E-state index is 0.357. The topological polar surface area (TPSA) is 29.9 Å². The molecule has 1 atom stereocenters. The van der Waals surface area contributed by atoms with Gasteiger partial charge in [-0.25, -0.2) is 0 Å². The second-order valence-corrected chi connectivity index (χ2v) is 6.61. The summed E-state index contributed by atoms with van der Waals surface area (Å²) in [6.45, 7) is 5.65. The molecule has 1 saturated carbocycles. The molecule has 0 saturated heterocycles. The first kappa shape index (κ1) is 14.1. The van der Waals surface area contributed by atoms with E-state index in [4.69, 9.17) is 0 Å². The summed E-state index contributed by atoms with van der Waals surface area (Å²) < 4.78 is 3.27. The lowest BCUT2D eigenvalue weighted by Crippen LogP contribution is -2.34. The molecule has 0 radical (unpaired) electrons. The van der Waals surface area contributed by atoms with Crippen LogP contribution in [0.15, 0.2) is 4.47 Å². The first-order valence-electron chi connectivity index (χ1n) is 6.86. The quantitative estimate of drug-likeness (QED) is 0.875. The van der Waals surface area contributed by atoms with Gasteiger partial charge in [0.2, 0.25) is 0 Å². The number of aromatic nitrogens is 2. The van der Waals surface area contributed by atoms with Gasteiger partial charge in [-0.2, -0.15) is 5.10 Å². The second-order valence-electron chi connectivity index (χ2n) is 5.82. The Morgan fingerprint density at radius 1 is 1.50 bits per heavy atom. The molecule has 1 aromatic rings. The zero-order valence-electron chi connectivity index (χ0n) is 11.9. The molecule has 1 N–H and O–H groups in total. The Labute approximate surface area is 118 Å². The molecule has 1 fully saturated rings. The highest BCUT2D eigenvalue weighted by Gasteiger charge is 2.41. The van der Waals surface area contributed by atoms with Crippen molar-refractivity contribution in [2.75, 3.05) is 13.6 Å². The summed E-state index contributed by atoms with van der Waals surface area (Å²) in [5.41, 5.74) is 2.88. The number of hydrogen-bond acceptors (Lipinski definition) is 2. The average molecular weight is 314 g/mol. The van der Waals surface area contributed by atoms with Crippen LogP contribution in [-0.2, 0) is 19.9 Å². The molecule has 0 aliphatic heterocycles. The van der Waals surface area contributed by atoms with E-state index >= 15 is 0 Å². The average Bonchev–Trinajstić information content (AvgIpc) is 3.13. The molecule has 18 heavy (non-hydrogen) atoms. The first-order chi connectivity index (χ1) is 8.51. The molecule has 4 heteroatoms. The van der Waals surface area contributed by atoms with Crippen molar-refractivity contribution in [1.82, 2.24) is 15.1 Å². The Bertz CT molecular complexity index is 423. The summed E-state index contributed by atoms with van der Waals surface area (Å²) in [6, 6.07) is 0. The molecule has 1 aliphatic carbocycles. The van der Waals surface area contributed by atoms with E-state index in [1.165, 1.54) is 28.7 Å². The summed E-state index contributed by atoms with van der Waals surface area (Å²) in [5.74, 6) is 0.872. The van der Waals surface area contributed by atoms with E-state index in [0.29, 0.717) is 5.41 Å². The monoisotopic (exact) mass is 313 g/mol. The fourth-order valence-corrected chi connectivity index (χ4v) is 3.69. The van der Waals surface area contributed by atoms with Gasteiger partial charge in [0.1, 0.15) is 0 Å². The van der Waals surface area contributed by atoms with Crippen LogP contribution in [0.5, 0.6) is 0 Å². The van der Waals surface area contributed by atoms with E-state index in [1.54, 1.807) is 0 Å². The number of nitrogens with zero attached hydrogens (tertiary/aromatic N) is 2. The number of hydrogen-bond donors (Lipinski definition) is 1. The molecule has 1 aliphatic rings. The largest absolute Gasteiger partial charge is 0.319 e. The number of nitrogens with one attached hydrogen (secondary N) is 1. The lowest BCUT2D eigenvalue weighted by atomic mass is 9.80. The molecule has 1 heterocycles. The van der Waals surface area contributed by atoms with E-state index in [-0.39, 0.29) is 0 Å². The van der Waals surface area contributed by atoms with E-state index < -0.39 is 0 Å². The minimum Gasteiger partial charge on any atom is -0.319 e. The third kappa shape index (κ3) is 2.64. The Kier molecular flexibility index (Phi) is 4.17. The van der Waals surface area contributed by atoms with Gasteiger partial charge in [0.25, 0.3) is 0 Å². The highest BCUT2D eigenvalue weighted by molar-refractivity contribution is 9.10. The predicted molar refractivity (Wildman–Crippen MR) is 78.7 cm³/mol. The van der Waals surface area contributed by atoms with Gasteiger partial charge in [-0.3, -0.25) is 4.68 Å². The summed E-state index contributed by atoms with van der Waals surface area (Å²) in [4.78, 5) is 0. The third-order valence-electron chi connectivity index (χ3n) is 4.22. The zero-order chi connectivity index (χ0) is 13.3. The van der Waals surface area contributed by atoms with Gasteiger partial charge >= 0.3 is 0 Å². The van der Waals surface area contributed by atoms with Crippen molar-refractivity contribution in [2.45, 2.75) is 39.5 Å². The maximum Gasteiger partial charge on any atom is 0.0766 e. The van der Waals surface area contributed by atoms with Gasteiger partial charge in [0.15, 0.2) is 0 Å². The normalized spacial score (nSPS) is 18.9. The second kappa shape index (κ2) is 5.33. The van der Waals surface area contributed by atoms with Gasteiger partial charge in [0, 0.05) is 13.6 Å². The van der Waals surface area contributed by atoms with Crippen LogP contribution in [0.25, 0.3) is 0 Å². The molecule has 1 unspecified atom stereocenters. The van der Waals surface area contributed by atoms with Crippen molar-refractivity contribution in [3.05, 3.63) is 15.9 Å². The molecule has 102 valence electrons. The van der Waals surface area contributed by atoms with Crippen LogP contribution >= 0.6 is 15.9 Å². The Morgan fingerprint density at radius 3 is 2.61 bits per heavy atom. The molecule has 1 aromatic heterocycles. The summed E-state index contributed by atoms with van der Waals surface area (Å²) >= 11 is 3.73. The van der Waals surface area contributed by atoms with Crippen molar-refractivity contribution in [3.63, 3.8) is 0 Å². The van der Waals surface area contributed by atoms with Crippen LogP contribution in [-0.4, -0.2) is 23.4 Å². The van der Waals surface area contributed by atoms with Gasteiger partial charge in [-0.05, 0) is 60.0 Å². The zero-order valence-corrected chi connectivity index (χ0v) is 13.5. The van der Waals surface area contributed by atoms with Gasteiger partial charge in [0.05, 0.1) is 15.9 Å². The Hall–Kier alpha value is -0.350. The van der Waals surface area contributed by atoms with Crippen molar-refractivity contribution in [1.29, 1.82) is 0 Å². The van der Waals surface area contributed by atoms with Crippen LogP contribution in [0.2, 0.25) is 0 Å². The maximum atomic E-state index is 4.60. The van der Waals surface area contributed by atoms with Crippen molar-refractivity contribution >= 4 is 15.9 Å². The van der Waals surface area contributed by atoms with Gasteiger partial charge in [-0.1, -0.05) is 13.8 Å². The third-order valence-corrected chi connectivity index (χ3v) is 5.13. The van der Waals surface area contributed by atoms with Crippen LogP contribution in [0.1, 0.15) is 38.1 Å². The summed E-state index contributed by atoms with van der Waals surface area (Å²) in [7, 11) is 4.11. The molecule has 0 amide bonds. The minimum absolute atomic E-state index is 0.357. The SMILES string of the molecule is CCc1nn(C)c(CC(C)(CNC)C2CC2)c1Br. The number of rotatable bonds is 6. The molecular weight excluding hydrogens is 290 g/mol. The smallest absolute Gasteiger partial charge is 0.0766 e. The molecule has 0 spiro atoms. The Morgan fingerprint density at radius 2 is 2.17 bits per heavy atom. The fraction of sp³-hybridized carbons (Fsp3) is 0.786. The molecular formula is C14H24BrN3. The van der Waals surface area contributed by atoms with Crippen molar-refractivity contribution in [3.8, 4) is 0 Å². The van der Waals surface area contributed by atoms with Crippen molar-refractivity contribution < 1.29 is 0 Å². The van der Waals surface area contributed by atoms with Crippen LogP contribution < -0.4 is 5.32 Å². The highest BCUT2D eigenvalue weighted by atomic mass is 79.9. The molecule has 0 aromatic carbocycles. The fourth-order valence-electron chi connectivity index (χ4n) is 2.93. The number of halogens is 1. The predicted octanol–water partition coefficient (Wildman–Crippen LogP) is 2.92. The van der Waals surface area contributed by atoms with Crippen LogP contribution in [0, 0.1) is 11.3 Å². The Balaban J connectivity index is 2.23. The van der Waals surface area contributed by atoms with Crippen LogP contribution in [0.4, 0.5) is 0 Å². The van der Waals surface area contributed by atoms with Crippen LogP contribution in [0.3, 0.4) is 0 Å². The summed E-state index contributed by atoms with van der Waals surface area (Å²) in [5, 5.41) is 7.97. The van der Waals surface area contributed by atoms with E-state index in [1.807, 2.05) is 0 Å². The standard InChI is InChI=1S/C14H24BrN3/c1-5-11-13(15)12(18(4)17-11)8-14(2,9-16-3)10-6-7-10/h10,16H,5-9H2,1-4H3. The lowest BCUT2D eigenvalue weighted by molar-refractivity contribution is 0.256. The van der Waals surface area contributed by atoms with E-state index in [2.05, 4.69) is 59.0 Å². The van der Waals surface area contributed by atoms with Crippen molar-refractivity contribution in [2.24, 2.45) is 18.4 Å². The summed E-state index contributed by atoms with van der Waals surface area (Å²) in [6.07, 6.45) is 4.85. The number of aryl methyl sites for hydroxylation is 2. The van der Waals surface area contributed by atoms with E-state index in [0.717, 1.165) is 25.3 Å². The molecule has 2 rings (SSSR count). The van der Waals surface area contributed by atoms with E-state index in [9.17, 15) is 0 Å². The maximum absolute atomic E-state index is 4.60. The molecule has 0 bridgehead atoms.